The normalized spacial score (nSPS) is 11.3. The molecule has 6 heteroatoms. The second kappa shape index (κ2) is 6.57. The highest BCUT2D eigenvalue weighted by Crippen LogP contribution is 2.25. The van der Waals surface area contributed by atoms with Crippen LogP contribution in [-0.2, 0) is 10.0 Å². The van der Waals surface area contributed by atoms with Gasteiger partial charge in [0.25, 0.3) is 5.91 Å². The van der Waals surface area contributed by atoms with Crippen molar-refractivity contribution in [2.75, 3.05) is 16.3 Å². The first kappa shape index (κ1) is 17.0. The molecule has 0 aliphatic rings. The highest BCUT2D eigenvalue weighted by molar-refractivity contribution is 7.92. The summed E-state index contributed by atoms with van der Waals surface area (Å²) in [6, 6.07) is 18.4. The lowest BCUT2D eigenvalue weighted by Gasteiger charge is -2.13. The molecule has 0 heterocycles. The van der Waals surface area contributed by atoms with Gasteiger partial charge >= 0.3 is 0 Å². The van der Waals surface area contributed by atoms with Crippen LogP contribution in [0.4, 0.5) is 11.4 Å². The maximum absolute atomic E-state index is 12.7. The van der Waals surface area contributed by atoms with Gasteiger partial charge in [0.15, 0.2) is 0 Å². The van der Waals surface area contributed by atoms with E-state index in [-0.39, 0.29) is 5.91 Å². The molecule has 128 valence electrons. The molecular weight excluding hydrogens is 336 g/mol. The molecule has 2 N–H and O–H groups in total. The van der Waals surface area contributed by atoms with E-state index in [1.165, 1.54) is 0 Å². The van der Waals surface area contributed by atoms with Gasteiger partial charge in [-0.05, 0) is 36.1 Å². The zero-order valence-electron chi connectivity index (χ0n) is 13.9. The van der Waals surface area contributed by atoms with Crippen molar-refractivity contribution in [3.8, 4) is 0 Å². The predicted molar refractivity (Wildman–Crippen MR) is 102 cm³/mol. The van der Waals surface area contributed by atoms with Crippen LogP contribution < -0.4 is 10.0 Å². The van der Waals surface area contributed by atoms with Gasteiger partial charge in [0.1, 0.15) is 0 Å². The number of anilines is 2. The fraction of sp³-hybridized carbons (Fsp3) is 0.105. The summed E-state index contributed by atoms with van der Waals surface area (Å²) < 4.78 is 25.4. The molecule has 3 rings (SSSR count). The van der Waals surface area contributed by atoms with Crippen molar-refractivity contribution in [1.82, 2.24) is 0 Å². The second-order valence-electron chi connectivity index (χ2n) is 5.83. The summed E-state index contributed by atoms with van der Waals surface area (Å²) >= 11 is 0. The Morgan fingerprint density at radius 2 is 1.52 bits per heavy atom. The number of amides is 1. The van der Waals surface area contributed by atoms with Crippen molar-refractivity contribution in [3.63, 3.8) is 0 Å². The number of fused-ring (bicyclic) bond motifs is 1. The Labute approximate surface area is 146 Å². The van der Waals surface area contributed by atoms with Crippen molar-refractivity contribution in [2.45, 2.75) is 6.92 Å². The predicted octanol–water partition coefficient (Wildman–Crippen LogP) is 3.77. The third kappa shape index (κ3) is 3.80. The third-order valence-electron chi connectivity index (χ3n) is 3.91. The zero-order chi connectivity index (χ0) is 18.0. The molecule has 0 aliphatic carbocycles. The first-order valence-electron chi connectivity index (χ1n) is 7.72. The molecular formula is C19H18N2O3S. The lowest BCUT2D eigenvalue weighted by molar-refractivity contribution is 0.102. The van der Waals surface area contributed by atoms with Crippen LogP contribution in [-0.4, -0.2) is 20.6 Å². The Morgan fingerprint density at radius 1 is 0.880 bits per heavy atom. The minimum atomic E-state index is -3.41. The summed E-state index contributed by atoms with van der Waals surface area (Å²) in [5.41, 5.74) is 2.10. The number of hydrogen-bond donors (Lipinski definition) is 2. The average molecular weight is 354 g/mol. The third-order valence-corrected chi connectivity index (χ3v) is 4.50. The maximum Gasteiger partial charge on any atom is 0.256 e. The summed E-state index contributed by atoms with van der Waals surface area (Å²) in [5, 5.41) is 4.89. The van der Waals surface area contributed by atoms with Crippen LogP contribution in [0.3, 0.4) is 0 Å². The molecule has 0 aliphatic heterocycles. The Balaban J connectivity index is 1.95. The molecule has 0 saturated carbocycles. The molecule has 3 aromatic carbocycles. The van der Waals surface area contributed by atoms with Crippen LogP contribution in [0.25, 0.3) is 10.8 Å². The van der Waals surface area contributed by atoms with Gasteiger partial charge < -0.3 is 5.32 Å². The van der Waals surface area contributed by atoms with Crippen molar-refractivity contribution in [1.29, 1.82) is 0 Å². The molecule has 3 aromatic rings. The van der Waals surface area contributed by atoms with Crippen molar-refractivity contribution in [3.05, 3.63) is 71.8 Å². The van der Waals surface area contributed by atoms with E-state index >= 15 is 0 Å². The molecule has 0 unspecified atom stereocenters. The molecule has 0 atom stereocenters. The fourth-order valence-electron chi connectivity index (χ4n) is 2.72. The van der Waals surface area contributed by atoms with E-state index in [9.17, 15) is 13.2 Å². The van der Waals surface area contributed by atoms with Gasteiger partial charge in [-0.1, -0.05) is 42.5 Å². The van der Waals surface area contributed by atoms with Crippen LogP contribution in [0.1, 0.15) is 15.9 Å². The number of carbonyl (C=O) groups is 1. The van der Waals surface area contributed by atoms with Crippen molar-refractivity contribution >= 4 is 38.1 Å². The van der Waals surface area contributed by atoms with E-state index in [1.807, 2.05) is 42.5 Å². The van der Waals surface area contributed by atoms with Gasteiger partial charge in [-0.25, -0.2) is 8.42 Å². The Hall–Kier alpha value is -2.86. The van der Waals surface area contributed by atoms with Crippen molar-refractivity contribution in [2.24, 2.45) is 0 Å². The SMILES string of the molecule is Cc1c(NS(C)(=O)=O)cccc1C(=O)Nc1cccc2ccccc12. The standard InChI is InChI=1S/C19H18N2O3S/c1-13-15(10-6-11-17(13)21-25(2,23)24)19(22)20-18-12-5-8-14-7-3-4-9-16(14)18/h3-12,21H,1-2H3,(H,20,22). The van der Waals surface area contributed by atoms with E-state index in [0.29, 0.717) is 22.5 Å². The van der Waals surface area contributed by atoms with Crippen LogP contribution in [0.15, 0.2) is 60.7 Å². The Morgan fingerprint density at radius 3 is 2.28 bits per heavy atom. The molecule has 0 fully saturated rings. The van der Waals surface area contributed by atoms with Gasteiger partial charge in [-0.3, -0.25) is 9.52 Å². The molecule has 0 spiro atoms. The number of rotatable bonds is 4. The average Bonchev–Trinajstić information content (AvgIpc) is 2.56. The summed E-state index contributed by atoms with van der Waals surface area (Å²) in [6.45, 7) is 1.71. The van der Waals surface area contributed by atoms with Gasteiger partial charge in [-0.2, -0.15) is 0 Å². The topological polar surface area (TPSA) is 75.3 Å². The highest BCUT2D eigenvalue weighted by atomic mass is 32.2. The van der Waals surface area contributed by atoms with E-state index < -0.39 is 10.0 Å². The zero-order valence-corrected chi connectivity index (χ0v) is 14.7. The number of benzene rings is 3. The Bertz CT molecular complexity index is 1050. The molecule has 1 amide bonds. The summed E-state index contributed by atoms with van der Waals surface area (Å²) in [5.74, 6) is -0.286. The minimum absolute atomic E-state index is 0.286. The van der Waals surface area contributed by atoms with E-state index in [0.717, 1.165) is 17.0 Å². The lowest BCUT2D eigenvalue weighted by atomic mass is 10.1. The molecule has 25 heavy (non-hydrogen) atoms. The molecule has 0 aromatic heterocycles. The minimum Gasteiger partial charge on any atom is -0.321 e. The smallest absolute Gasteiger partial charge is 0.256 e. The second-order valence-corrected chi connectivity index (χ2v) is 7.58. The van der Waals surface area contributed by atoms with Crippen LogP contribution >= 0.6 is 0 Å². The molecule has 5 nitrogen and oxygen atoms in total. The first-order valence-corrected chi connectivity index (χ1v) is 9.61. The van der Waals surface area contributed by atoms with Gasteiger partial charge in [0.05, 0.1) is 11.9 Å². The van der Waals surface area contributed by atoms with E-state index in [4.69, 9.17) is 0 Å². The van der Waals surface area contributed by atoms with Crippen LogP contribution in [0, 0.1) is 6.92 Å². The fourth-order valence-corrected chi connectivity index (χ4v) is 3.34. The van der Waals surface area contributed by atoms with Gasteiger partial charge in [0.2, 0.25) is 10.0 Å². The van der Waals surface area contributed by atoms with Crippen LogP contribution in [0.5, 0.6) is 0 Å². The largest absolute Gasteiger partial charge is 0.321 e. The maximum atomic E-state index is 12.7. The van der Waals surface area contributed by atoms with E-state index in [1.54, 1.807) is 25.1 Å². The number of nitrogens with one attached hydrogen (secondary N) is 2. The highest BCUT2D eigenvalue weighted by Gasteiger charge is 2.14. The Kier molecular flexibility index (Phi) is 4.46. The summed E-state index contributed by atoms with van der Waals surface area (Å²) in [6.07, 6.45) is 1.08. The number of sulfonamides is 1. The molecule has 0 saturated heterocycles. The quantitative estimate of drug-likeness (QED) is 0.749. The van der Waals surface area contributed by atoms with Gasteiger partial charge in [0, 0.05) is 16.6 Å². The number of hydrogen-bond acceptors (Lipinski definition) is 3. The summed E-state index contributed by atoms with van der Waals surface area (Å²) in [4.78, 5) is 12.7. The van der Waals surface area contributed by atoms with Gasteiger partial charge in [-0.15, -0.1) is 0 Å². The van der Waals surface area contributed by atoms with Crippen molar-refractivity contribution < 1.29 is 13.2 Å². The van der Waals surface area contributed by atoms with E-state index in [2.05, 4.69) is 10.0 Å². The van der Waals surface area contributed by atoms with Crippen LogP contribution in [0.2, 0.25) is 0 Å². The lowest BCUT2D eigenvalue weighted by Crippen LogP contribution is -2.16. The molecule has 0 radical (unpaired) electrons. The number of carbonyl (C=O) groups excluding carboxylic acids is 1. The monoisotopic (exact) mass is 354 g/mol. The molecule has 0 bridgehead atoms. The summed E-state index contributed by atoms with van der Waals surface area (Å²) in [7, 11) is -3.41. The first-order chi connectivity index (χ1) is 11.8.